The first-order valence-corrected chi connectivity index (χ1v) is 10.4. The van der Waals surface area contributed by atoms with Crippen LogP contribution in [0.15, 0.2) is 42.2 Å². The fourth-order valence-corrected chi connectivity index (χ4v) is 3.45. The summed E-state index contributed by atoms with van der Waals surface area (Å²) in [6.45, 7) is 6.93. The van der Waals surface area contributed by atoms with Crippen LogP contribution in [0.2, 0.25) is 0 Å². The number of allylic oxidation sites excluding steroid dienone is 1. The van der Waals surface area contributed by atoms with Crippen LogP contribution in [0, 0.1) is 0 Å². The van der Waals surface area contributed by atoms with Gasteiger partial charge in [0.1, 0.15) is 18.0 Å². The van der Waals surface area contributed by atoms with Gasteiger partial charge in [-0.1, -0.05) is 0 Å². The number of ether oxygens (including phenoxy) is 2. The van der Waals surface area contributed by atoms with Crippen molar-refractivity contribution in [3.8, 4) is 5.75 Å². The second-order valence-corrected chi connectivity index (χ2v) is 7.60. The summed E-state index contributed by atoms with van der Waals surface area (Å²) in [5.41, 5.74) is 2.34. The Hall–Kier alpha value is -3.17. The van der Waals surface area contributed by atoms with Crippen molar-refractivity contribution in [3.63, 3.8) is 0 Å². The van der Waals surface area contributed by atoms with E-state index in [4.69, 9.17) is 9.47 Å². The lowest BCUT2D eigenvalue weighted by Crippen LogP contribution is -2.38. The van der Waals surface area contributed by atoms with E-state index in [0.717, 1.165) is 50.0 Å². The molecule has 2 aliphatic rings. The van der Waals surface area contributed by atoms with Crippen molar-refractivity contribution in [2.75, 3.05) is 68.7 Å². The highest BCUT2D eigenvalue weighted by molar-refractivity contribution is 6.05. The van der Waals surface area contributed by atoms with Crippen LogP contribution < -0.4 is 19.9 Å². The molecule has 2 aliphatic heterocycles. The van der Waals surface area contributed by atoms with E-state index in [1.165, 1.54) is 0 Å². The molecule has 0 saturated carbocycles. The van der Waals surface area contributed by atoms with Crippen molar-refractivity contribution >= 4 is 29.0 Å². The summed E-state index contributed by atoms with van der Waals surface area (Å²) in [5, 5.41) is 3.22. The van der Waals surface area contributed by atoms with Gasteiger partial charge in [-0.05, 0) is 31.2 Å². The first kappa shape index (κ1) is 21.1. The molecule has 9 heteroatoms. The van der Waals surface area contributed by atoms with Crippen molar-refractivity contribution in [3.05, 3.63) is 42.2 Å². The number of likely N-dealkylation sites (N-methyl/N-ethyl adjacent to an activating group) is 1. The van der Waals surface area contributed by atoms with E-state index in [0.29, 0.717) is 24.1 Å². The van der Waals surface area contributed by atoms with E-state index in [1.807, 2.05) is 43.1 Å². The monoisotopic (exact) mass is 424 g/mol. The molecule has 1 amide bonds. The predicted molar refractivity (Wildman–Crippen MR) is 120 cm³/mol. The van der Waals surface area contributed by atoms with Crippen molar-refractivity contribution < 1.29 is 14.3 Å². The molecule has 1 saturated heterocycles. The normalized spacial score (nSPS) is 17.1. The fourth-order valence-electron chi connectivity index (χ4n) is 3.45. The molecule has 1 aromatic carbocycles. The minimum atomic E-state index is -0.100. The number of rotatable bonds is 6. The van der Waals surface area contributed by atoms with Gasteiger partial charge in [-0.2, -0.15) is 4.98 Å². The summed E-state index contributed by atoms with van der Waals surface area (Å²) in [7, 11) is 3.61. The zero-order valence-electron chi connectivity index (χ0n) is 18.2. The number of hydrogen-bond acceptors (Lipinski definition) is 8. The molecule has 2 aromatic rings. The average molecular weight is 425 g/mol. The summed E-state index contributed by atoms with van der Waals surface area (Å²) in [6, 6.07) is 7.72. The first-order chi connectivity index (χ1) is 15.0. The predicted octanol–water partition coefficient (Wildman–Crippen LogP) is 2.25. The van der Waals surface area contributed by atoms with Crippen LogP contribution in [0.5, 0.6) is 5.75 Å². The number of carbonyl (C=O) groups excluding carboxylic acids is 1. The summed E-state index contributed by atoms with van der Waals surface area (Å²) in [4.78, 5) is 27.0. The Kier molecular flexibility index (Phi) is 6.34. The number of nitrogens with one attached hydrogen (secondary N) is 1. The Morgan fingerprint density at radius 1 is 1.13 bits per heavy atom. The van der Waals surface area contributed by atoms with E-state index in [-0.39, 0.29) is 5.91 Å². The van der Waals surface area contributed by atoms with Crippen molar-refractivity contribution in [2.45, 2.75) is 6.92 Å². The molecule has 1 N–H and O–H groups in total. The minimum Gasteiger partial charge on any atom is -0.492 e. The number of aromatic nitrogens is 2. The summed E-state index contributed by atoms with van der Waals surface area (Å²) in [6.07, 6.45) is 3.25. The molecule has 31 heavy (non-hydrogen) atoms. The SMILES string of the molecule is CC1=CC(=O)N(C)c2cnc(Nc3ccc(OCCN4CCOCC4)cc3)nc2N1C. The first-order valence-electron chi connectivity index (χ1n) is 10.4. The second-order valence-electron chi connectivity index (χ2n) is 7.60. The number of anilines is 4. The van der Waals surface area contributed by atoms with E-state index >= 15 is 0 Å². The minimum absolute atomic E-state index is 0.100. The fraction of sp³-hybridized carbons (Fsp3) is 0.409. The van der Waals surface area contributed by atoms with Crippen LogP contribution in [0.4, 0.5) is 23.1 Å². The highest BCUT2D eigenvalue weighted by Gasteiger charge is 2.23. The van der Waals surface area contributed by atoms with Crippen LogP contribution >= 0.6 is 0 Å². The van der Waals surface area contributed by atoms with Gasteiger partial charge in [0.15, 0.2) is 5.82 Å². The maximum atomic E-state index is 12.2. The third-order valence-electron chi connectivity index (χ3n) is 5.51. The molecule has 1 fully saturated rings. The molecule has 1 aromatic heterocycles. The summed E-state index contributed by atoms with van der Waals surface area (Å²) in [5.74, 6) is 1.85. The molecule has 0 atom stereocenters. The zero-order valence-corrected chi connectivity index (χ0v) is 18.2. The number of morpholine rings is 1. The van der Waals surface area contributed by atoms with Gasteiger partial charge in [-0.25, -0.2) is 4.98 Å². The lowest BCUT2D eigenvalue weighted by Gasteiger charge is -2.26. The Balaban J connectivity index is 1.39. The Bertz CT molecular complexity index is 956. The van der Waals surface area contributed by atoms with Crippen LogP contribution in [0.3, 0.4) is 0 Å². The van der Waals surface area contributed by atoms with Gasteiger partial charge in [0.2, 0.25) is 5.95 Å². The lowest BCUT2D eigenvalue weighted by atomic mass is 10.3. The smallest absolute Gasteiger partial charge is 0.252 e. The molecule has 0 spiro atoms. The molecular weight excluding hydrogens is 396 g/mol. The summed E-state index contributed by atoms with van der Waals surface area (Å²) < 4.78 is 11.2. The van der Waals surface area contributed by atoms with Crippen LogP contribution in [0.1, 0.15) is 6.92 Å². The molecule has 4 rings (SSSR count). The van der Waals surface area contributed by atoms with Crippen molar-refractivity contribution in [1.82, 2.24) is 14.9 Å². The molecule has 9 nitrogen and oxygen atoms in total. The Morgan fingerprint density at radius 3 is 2.61 bits per heavy atom. The lowest BCUT2D eigenvalue weighted by molar-refractivity contribution is -0.113. The topological polar surface area (TPSA) is 83.1 Å². The van der Waals surface area contributed by atoms with Gasteiger partial charge in [0, 0.05) is 51.2 Å². The number of amides is 1. The highest BCUT2D eigenvalue weighted by Crippen LogP contribution is 2.31. The number of fused-ring (bicyclic) bond motifs is 1. The maximum absolute atomic E-state index is 12.2. The summed E-state index contributed by atoms with van der Waals surface area (Å²) >= 11 is 0. The Morgan fingerprint density at radius 2 is 1.87 bits per heavy atom. The third kappa shape index (κ3) is 4.95. The van der Waals surface area contributed by atoms with E-state index in [9.17, 15) is 4.79 Å². The van der Waals surface area contributed by atoms with E-state index < -0.39 is 0 Å². The molecule has 0 radical (unpaired) electrons. The van der Waals surface area contributed by atoms with Gasteiger partial charge in [0.05, 0.1) is 19.4 Å². The average Bonchev–Trinajstić information content (AvgIpc) is 2.86. The quantitative estimate of drug-likeness (QED) is 0.756. The molecular formula is C22H28N6O3. The van der Waals surface area contributed by atoms with Gasteiger partial charge in [0.25, 0.3) is 5.91 Å². The molecule has 0 unspecified atom stereocenters. The third-order valence-corrected chi connectivity index (χ3v) is 5.51. The van der Waals surface area contributed by atoms with Gasteiger partial charge < -0.3 is 24.6 Å². The molecule has 3 heterocycles. The highest BCUT2D eigenvalue weighted by atomic mass is 16.5. The largest absolute Gasteiger partial charge is 0.492 e. The van der Waals surface area contributed by atoms with Crippen LogP contribution in [-0.2, 0) is 9.53 Å². The van der Waals surface area contributed by atoms with E-state index in [1.54, 1.807) is 24.2 Å². The van der Waals surface area contributed by atoms with Crippen molar-refractivity contribution in [2.24, 2.45) is 0 Å². The second kappa shape index (κ2) is 9.32. The number of nitrogens with zero attached hydrogens (tertiary/aromatic N) is 5. The van der Waals surface area contributed by atoms with Gasteiger partial charge in [-0.3, -0.25) is 9.69 Å². The van der Waals surface area contributed by atoms with E-state index in [2.05, 4.69) is 20.2 Å². The number of benzene rings is 1. The standard InChI is InChI=1S/C22H28N6O3/c1-16-14-20(29)27(3)19-15-23-22(25-21(19)26(16)2)24-17-4-6-18(7-5-17)31-13-10-28-8-11-30-12-9-28/h4-7,14-15H,8-13H2,1-3H3,(H,23,24,25). The van der Waals surface area contributed by atoms with Crippen molar-refractivity contribution in [1.29, 1.82) is 0 Å². The molecule has 0 bridgehead atoms. The van der Waals surface area contributed by atoms with Gasteiger partial charge >= 0.3 is 0 Å². The zero-order chi connectivity index (χ0) is 21.8. The number of hydrogen-bond donors (Lipinski definition) is 1. The van der Waals surface area contributed by atoms with Crippen LogP contribution in [0.25, 0.3) is 0 Å². The maximum Gasteiger partial charge on any atom is 0.252 e. The van der Waals surface area contributed by atoms with Crippen LogP contribution in [-0.4, -0.2) is 74.3 Å². The Labute approximate surface area is 182 Å². The molecule has 164 valence electrons. The molecule has 0 aliphatic carbocycles. The van der Waals surface area contributed by atoms with Gasteiger partial charge in [-0.15, -0.1) is 0 Å². The number of carbonyl (C=O) groups is 1.